The molecule has 68 valence electrons. The van der Waals surface area contributed by atoms with Crippen molar-refractivity contribution in [3.8, 4) is 0 Å². The first-order valence-corrected chi connectivity index (χ1v) is 4.02. The van der Waals surface area contributed by atoms with Crippen LogP contribution in [0.15, 0.2) is 6.20 Å². The molecule has 2 unspecified atom stereocenters. The van der Waals surface area contributed by atoms with Gasteiger partial charge < -0.3 is 15.4 Å². The molecule has 12 heavy (non-hydrogen) atoms. The summed E-state index contributed by atoms with van der Waals surface area (Å²) in [4.78, 5) is 3.94. The molecule has 0 amide bonds. The molecule has 1 aromatic heterocycles. The van der Waals surface area contributed by atoms with Crippen LogP contribution < -0.4 is 5.73 Å². The molecule has 0 radical (unpaired) electrons. The molecular weight excluding hydrogens is 178 g/mol. The van der Waals surface area contributed by atoms with Crippen LogP contribution in [-0.4, -0.2) is 20.7 Å². The molecule has 0 saturated heterocycles. The predicted molar refractivity (Wildman–Crippen MR) is 46.8 cm³/mol. The number of hydrogen-bond acceptors (Lipinski definition) is 3. The van der Waals surface area contributed by atoms with Crippen molar-refractivity contribution in [3.63, 3.8) is 0 Å². The van der Waals surface area contributed by atoms with E-state index >= 15 is 0 Å². The first-order chi connectivity index (χ1) is 5.54. The van der Waals surface area contributed by atoms with Gasteiger partial charge in [0.05, 0.1) is 6.20 Å². The Morgan fingerprint density at radius 3 is 2.67 bits per heavy atom. The Kier molecular flexibility index (Phi) is 2.72. The number of imidazole rings is 1. The molecule has 1 heterocycles. The zero-order valence-corrected chi connectivity index (χ0v) is 7.78. The molecule has 0 fully saturated rings. The Labute approximate surface area is 76.0 Å². The summed E-state index contributed by atoms with van der Waals surface area (Å²) in [6, 6.07) is -0.345. The molecule has 0 aliphatic heterocycles. The van der Waals surface area contributed by atoms with Gasteiger partial charge >= 0.3 is 0 Å². The van der Waals surface area contributed by atoms with E-state index in [1.807, 2.05) is 0 Å². The largest absolute Gasteiger partial charge is 0.384 e. The molecule has 1 aromatic rings. The lowest BCUT2D eigenvalue weighted by atomic mass is 10.2. The lowest BCUT2D eigenvalue weighted by molar-refractivity contribution is 0.140. The first kappa shape index (κ1) is 9.51. The van der Waals surface area contributed by atoms with Crippen LogP contribution in [0, 0.1) is 0 Å². The third-order valence-corrected chi connectivity index (χ3v) is 2.08. The highest BCUT2D eigenvalue weighted by molar-refractivity contribution is 6.29. The molecule has 4 nitrogen and oxygen atoms in total. The fourth-order valence-corrected chi connectivity index (χ4v) is 1.05. The third kappa shape index (κ3) is 1.60. The number of aromatic nitrogens is 2. The summed E-state index contributed by atoms with van der Waals surface area (Å²) in [7, 11) is 1.73. The number of aliphatic hydroxyl groups is 1. The average molecular weight is 190 g/mol. The standard InChI is InChI=1S/C7H12ClN3O/c1-4(9)6(12)7-10-3-5(8)11(7)2/h3-4,6,12H,9H2,1-2H3. The summed E-state index contributed by atoms with van der Waals surface area (Å²) in [5.74, 6) is 0.495. The minimum absolute atomic E-state index is 0.345. The number of aliphatic hydroxyl groups excluding tert-OH is 1. The van der Waals surface area contributed by atoms with Gasteiger partial charge in [0.25, 0.3) is 0 Å². The van der Waals surface area contributed by atoms with Gasteiger partial charge in [0.1, 0.15) is 17.1 Å². The number of rotatable bonds is 2. The Hall–Kier alpha value is -0.580. The molecule has 2 atom stereocenters. The highest BCUT2D eigenvalue weighted by atomic mass is 35.5. The maximum Gasteiger partial charge on any atom is 0.140 e. The average Bonchev–Trinajstić information content (AvgIpc) is 2.32. The lowest BCUT2D eigenvalue weighted by Gasteiger charge is -2.13. The van der Waals surface area contributed by atoms with E-state index in [1.54, 1.807) is 18.5 Å². The second-order valence-corrected chi connectivity index (χ2v) is 3.19. The molecule has 0 aliphatic rings. The van der Waals surface area contributed by atoms with Crippen LogP contribution in [0.5, 0.6) is 0 Å². The van der Waals surface area contributed by atoms with Crippen LogP contribution in [0.4, 0.5) is 0 Å². The summed E-state index contributed by atoms with van der Waals surface area (Å²) < 4.78 is 1.61. The molecule has 0 spiro atoms. The second kappa shape index (κ2) is 3.43. The van der Waals surface area contributed by atoms with Crippen molar-refractivity contribution < 1.29 is 5.11 Å². The Morgan fingerprint density at radius 1 is 1.75 bits per heavy atom. The lowest BCUT2D eigenvalue weighted by Crippen LogP contribution is -2.26. The molecule has 0 saturated carbocycles. The van der Waals surface area contributed by atoms with Crippen molar-refractivity contribution in [3.05, 3.63) is 17.2 Å². The highest BCUT2D eigenvalue weighted by Crippen LogP contribution is 2.17. The summed E-state index contributed by atoms with van der Waals surface area (Å²) in [6.45, 7) is 1.72. The number of hydrogen-bond donors (Lipinski definition) is 2. The van der Waals surface area contributed by atoms with Crippen molar-refractivity contribution in [2.24, 2.45) is 12.8 Å². The summed E-state index contributed by atoms with van der Waals surface area (Å²) in [6.07, 6.45) is 0.727. The molecular formula is C7H12ClN3O. The second-order valence-electron chi connectivity index (χ2n) is 2.80. The van der Waals surface area contributed by atoms with Gasteiger partial charge in [-0.1, -0.05) is 11.6 Å². The first-order valence-electron chi connectivity index (χ1n) is 3.64. The van der Waals surface area contributed by atoms with Gasteiger partial charge in [-0.2, -0.15) is 0 Å². The monoisotopic (exact) mass is 189 g/mol. The highest BCUT2D eigenvalue weighted by Gasteiger charge is 2.17. The van der Waals surface area contributed by atoms with Crippen molar-refractivity contribution in [2.45, 2.75) is 19.1 Å². The van der Waals surface area contributed by atoms with Gasteiger partial charge in [-0.25, -0.2) is 4.98 Å². The predicted octanol–water partition coefficient (Wildman–Crippen LogP) is 0.454. The summed E-state index contributed by atoms with van der Waals surface area (Å²) in [5, 5.41) is 10.0. The zero-order chi connectivity index (χ0) is 9.30. The van der Waals surface area contributed by atoms with E-state index in [4.69, 9.17) is 17.3 Å². The van der Waals surface area contributed by atoms with E-state index in [-0.39, 0.29) is 6.04 Å². The molecule has 3 N–H and O–H groups in total. The van der Waals surface area contributed by atoms with E-state index in [9.17, 15) is 5.11 Å². The van der Waals surface area contributed by atoms with Crippen LogP contribution in [0.25, 0.3) is 0 Å². The van der Waals surface area contributed by atoms with Crippen LogP contribution in [0.3, 0.4) is 0 Å². The van der Waals surface area contributed by atoms with Crippen molar-refractivity contribution in [1.29, 1.82) is 0 Å². The summed E-state index contributed by atoms with van der Waals surface area (Å²) >= 11 is 5.73. The van der Waals surface area contributed by atoms with Gasteiger partial charge in [0.15, 0.2) is 0 Å². The van der Waals surface area contributed by atoms with Gasteiger partial charge in [-0.15, -0.1) is 0 Å². The number of nitrogens with zero attached hydrogens (tertiary/aromatic N) is 2. The fourth-order valence-electron chi connectivity index (χ4n) is 0.912. The normalized spacial score (nSPS) is 16.1. The van der Waals surface area contributed by atoms with E-state index in [1.165, 1.54) is 6.20 Å². The van der Waals surface area contributed by atoms with E-state index in [0.29, 0.717) is 11.0 Å². The SMILES string of the molecule is CC(N)C(O)c1ncc(Cl)n1C. The van der Waals surface area contributed by atoms with Crippen molar-refractivity contribution in [2.75, 3.05) is 0 Å². The van der Waals surface area contributed by atoms with Crippen molar-refractivity contribution in [1.82, 2.24) is 9.55 Å². The van der Waals surface area contributed by atoms with Crippen LogP contribution in [0.1, 0.15) is 18.9 Å². The Bertz CT molecular complexity index is 272. The van der Waals surface area contributed by atoms with Crippen LogP contribution >= 0.6 is 11.6 Å². The third-order valence-electron chi connectivity index (χ3n) is 1.73. The molecule has 0 aromatic carbocycles. The van der Waals surface area contributed by atoms with E-state index < -0.39 is 6.10 Å². The maximum atomic E-state index is 9.52. The number of nitrogens with two attached hydrogens (primary N) is 1. The quantitative estimate of drug-likeness (QED) is 0.710. The smallest absolute Gasteiger partial charge is 0.140 e. The van der Waals surface area contributed by atoms with E-state index in [0.717, 1.165) is 0 Å². The topological polar surface area (TPSA) is 64.1 Å². The van der Waals surface area contributed by atoms with Crippen LogP contribution in [0.2, 0.25) is 5.15 Å². The summed E-state index contributed by atoms with van der Waals surface area (Å²) in [5.41, 5.74) is 5.50. The molecule has 0 bridgehead atoms. The van der Waals surface area contributed by atoms with Crippen molar-refractivity contribution >= 4 is 11.6 Å². The zero-order valence-electron chi connectivity index (χ0n) is 7.03. The van der Waals surface area contributed by atoms with Gasteiger partial charge in [-0.05, 0) is 6.92 Å². The van der Waals surface area contributed by atoms with Crippen LogP contribution in [-0.2, 0) is 7.05 Å². The maximum absolute atomic E-state index is 9.52. The van der Waals surface area contributed by atoms with Gasteiger partial charge in [0, 0.05) is 13.1 Å². The fraction of sp³-hybridized carbons (Fsp3) is 0.571. The molecule has 0 aliphatic carbocycles. The number of halogens is 1. The molecule has 5 heteroatoms. The molecule has 1 rings (SSSR count). The Morgan fingerprint density at radius 2 is 2.33 bits per heavy atom. The van der Waals surface area contributed by atoms with Gasteiger partial charge in [-0.3, -0.25) is 0 Å². The minimum Gasteiger partial charge on any atom is -0.384 e. The van der Waals surface area contributed by atoms with Gasteiger partial charge in [0.2, 0.25) is 0 Å². The minimum atomic E-state index is -0.762. The Balaban J connectivity index is 2.95. The van der Waals surface area contributed by atoms with E-state index in [2.05, 4.69) is 4.98 Å².